The molecule has 0 fully saturated rings. The molecule has 1 amide bonds. The van der Waals surface area contributed by atoms with Crippen LogP contribution in [0.3, 0.4) is 0 Å². The Labute approximate surface area is 152 Å². The summed E-state index contributed by atoms with van der Waals surface area (Å²) >= 11 is 0. The first kappa shape index (κ1) is 18.9. The van der Waals surface area contributed by atoms with Gasteiger partial charge in [0, 0.05) is 5.69 Å². The second kappa shape index (κ2) is 8.58. The standard InChI is InChI=1S/C20H20N2O4/c1-13-6-5-7-16(8-13)22-20(23)15(12-21)9-14-10-17(24-2)19(26-4)18(11-14)25-3/h5-11H,1-4H3,(H,22,23)/b15-9+. The van der Waals surface area contributed by atoms with Gasteiger partial charge in [-0.3, -0.25) is 4.79 Å². The first-order chi connectivity index (χ1) is 12.5. The Hall–Kier alpha value is -3.46. The molecule has 0 atom stereocenters. The van der Waals surface area contributed by atoms with Crippen LogP contribution in [0.5, 0.6) is 17.2 Å². The summed E-state index contributed by atoms with van der Waals surface area (Å²) in [5.74, 6) is 0.825. The van der Waals surface area contributed by atoms with Gasteiger partial charge in [0.15, 0.2) is 11.5 Å². The van der Waals surface area contributed by atoms with Crippen molar-refractivity contribution < 1.29 is 19.0 Å². The van der Waals surface area contributed by atoms with Gasteiger partial charge in [0.1, 0.15) is 11.6 Å². The molecular weight excluding hydrogens is 332 g/mol. The van der Waals surface area contributed by atoms with E-state index in [-0.39, 0.29) is 5.57 Å². The number of methoxy groups -OCH3 is 3. The molecule has 2 aromatic rings. The van der Waals surface area contributed by atoms with Gasteiger partial charge < -0.3 is 19.5 Å². The number of hydrogen-bond donors (Lipinski definition) is 1. The molecule has 0 bridgehead atoms. The second-order valence-electron chi connectivity index (χ2n) is 5.45. The molecule has 26 heavy (non-hydrogen) atoms. The third-order valence-electron chi connectivity index (χ3n) is 3.64. The van der Waals surface area contributed by atoms with Gasteiger partial charge in [0.25, 0.3) is 5.91 Å². The zero-order valence-corrected chi connectivity index (χ0v) is 15.1. The summed E-state index contributed by atoms with van der Waals surface area (Å²) in [6, 6.07) is 12.6. The van der Waals surface area contributed by atoms with Gasteiger partial charge in [-0.15, -0.1) is 0 Å². The average molecular weight is 352 g/mol. The molecule has 0 aliphatic rings. The summed E-state index contributed by atoms with van der Waals surface area (Å²) in [7, 11) is 4.51. The molecule has 0 aromatic heterocycles. The van der Waals surface area contributed by atoms with E-state index in [4.69, 9.17) is 14.2 Å². The van der Waals surface area contributed by atoms with Gasteiger partial charge in [-0.2, -0.15) is 5.26 Å². The van der Waals surface area contributed by atoms with Gasteiger partial charge in [-0.25, -0.2) is 0 Å². The largest absolute Gasteiger partial charge is 0.493 e. The lowest BCUT2D eigenvalue weighted by molar-refractivity contribution is -0.112. The molecule has 0 saturated heterocycles. The average Bonchev–Trinajstić information content (AvgIpc) is 2.64. The number of benzene rings is 2. The van der Waals surface area contributed by atoms with E-state index in [0.29, 0.717) is 28.5 Å². The van der Waals surface area contributed by atoms with Crippen LogP contribution in [0.25, 0.3) is 6.08 Å². The fourth-order valence-corrected chi connectivity index (χ4v) is 2.42. The Morgan fingerprint density at radius 1 is 1.08 bits per heavy atom. The molecule has 2 rings (SSSR count). The monoisotopic (exact) mass is 352 g/mol. The number of hydrogen-bond acceptors (Lipinski definition) is 5. The first-order valence-corrected chi connectivity index (χ1v) is 7.82. The molecule has 134 valence electrons. The molecule has 0 aliphatic carbocycles. The number of rotatable bonds is 6. The number of aryl methyl sites for hydroxylation is 1. The van der Waals surface area contributed by atoms with E-state index < -0.39 is 5.91 Å². The summed E-state index contributed by atoms with van der Waals surface area (Å²) in [5.41, 5.74) is 2.17. The number of ether oxygens (including phenoxy) is 3. The van der Waals surface area contributed by atoms with Gasteiger partial charge in [0.2, 0.25) is 5.75 Å². The highest BCUT2D eigenvalue weighted by atomic mass is 16.5. The van der Waals surface area contributed by atoms with Gasteiger partial charge in [-0.1, -0.05) is 12.1 Å². The van der Waals surface area contributed by atoms with Crippen molar-refractivity contribution in [3.63, 3.8) is 0 Å². The Kier molecular flexibility index (Phi) is 6.23. The smallest absolute Gasteiger partial charge is 0.266 e. The van der Waals surface area contributed by atoms with E-state index in [1.54, 1.807) is 18.2 Å². The number of nitriles is 1. The number of carbonyl (C=O) groups is 1. The van der Waals surface area contributed by atoms with Crippen molar-refractivity contribution in [2.45, 2.75) is 6.92 Å². The van der Waals surface area contributed by atoms with Crippen molar-refractivity contribution in [1.82, 2.24) is 0 Å². The number of nitrogens with zero attached hydrogens (tertiary/aromatic N) is 1. The zero-order valence-electron chi connectivity index (χ0n) is 15.1. The van der Waals surface area contributed by atoms with Crippen LogP contribution < -0.4 is 19.5 Å². The Bertz CT molecular complexity index is 857. The SMILES string of the molecule is COc1cc(/C=C(\C#N)C(=O)Nc2cccc(C)c2)cc(OC)c1OC. The lowest BCUT2D eigenvalue weighted by atomic mass is 10.1. The van der Waals surface area contributed by atoms with Gasteiger partial charge in [-0.05, 0) is 48.4 Å². The topological polar surface area (TPSA) is 80.6 Å². The quantitative estimate of drug-likeness (QED) is 0.635. The number of amides is 1. The maximum Gasteiger partial charge on any atom is 0.266 e. The summed E-state index contributed by atoms with van der Waals surface area (Å²) in [6.45, 7) is 1.92. The lowest BCUT2D eigenvalue weighted by Crippen LogP contribution is -2.13. The molecule has 0 radical (unpaired) electrons. The van der Waals surface area contributed by atoms with Crippen LogP contribution in [0.15, 0.2) is 42.0 Å². The maximum atomic E-state index is 12.4. The molecule has 1 N–H and O–H groups in total. The molecular formula is C20H20N2O4. The number of nitrogens with one attached hydrogen (secondary N) is 1. The molecule has 0 heterocycles. The minimum atomic E-state index is -0.494. The third-order valence-corrected chi connectivity index (χ3v) is 3.64. The minimum absolute atomic E-state index is 0.0409. The Morgan fingerprint density at radius 3 is 2.23 bits per heavy atom. The minimum Gasteiger partial charge on any atom is -0.493 e. The van der Waals surface area contributed by atoms with Crippen LogP contribution >= 0.6 is 0 Å². The highest BCUT2D eigenvalue weighted by molar-refractivity contribution is 6.09. The van der Waals surface area contributed by atoms with Crippen LogP contribution in [0, 0.1) is 18.3 Å². The van der Waals surface area contributed by atoms with Crippen molar-refractivity contribution in [2.24, 2.45) is 0 Å². The van der Waals surface area contributed by atoms with Crippen LogP contribution in [-0.2, 0) is 4.79 Å². The van der Waals surface area contributed by atoms with Crippen LogP contribution in [-0.4, -0.2) is 27.2 Å². The Balaban J connectivity index is 2.36. The van der Waals surface area contributed by atoms with E-state index in [2.05, 4.69) is 5.32 Å². The normalized spacial score (nSPS) is 10.7. The van der Waals surface area contributed by atoms with Crippen molar-refractivity contribution in [1.29, 1.82) is 5.26 Å². The highest BCUT2D eigenvalue weighted by Gasteiger charge is 2.15. The van der Waals surface area contributed by atoms with Crippen LogP contribution in [0.2, 0.25) is 0 Å². The van der Waals surface area contributed by atoms with Gasteiger partial charge in [0.05, 0.1) is 21.3 Å². The highest BCUT2D eigenvalue weighted by Crippen LogP contribution is 2.38. The third kappa shape index (κ3) is 4.33. The second-order valence-corrected chi connectivity index (χ2v) is 5.45. The van der Waals surface area contributed by atoms with E-state index in [1.165, 1.54) is 27.4 Å². The fourth-order valence-electron chi connectivity index (χ4n) is 2.42. The first-order valence-electron chi connectivity index (χ1n) is 7.82. The molecule has 6 nitrogen and oxygen atoms in total. The summed E-state index contributed by atoms with van der Waals surface area (Å²) in [6.07, 6.45) is 1.47. The number of anilines is 1. The van der Waals surface area contributed by atoms with Crippen molar-refractivity contribution in [3.8, 4) is 23.3 Å². The molecule has 2 aromatic carbocycles. The van der Waals surface area contributed by atoms with E-state index in [9.17, 15) is 10.1 Å². The fraction of sp³-hybridized carbons (Fsp3) is 0.200. The van der Waals surface area contributed by atoms with Crippen molar-refractivity contribution in [2.75, 3.05) is 26.6 Å². The molecule has 0 spiro atoms. The number of carbonyl (C=O) groups excluding carboxylic acids is 1. The van der Waals surface area contributed by atoms with Crippen LogP contribution in [0.4, 0.5) is 5.69 Å². The van der Waals surface area contributed by atoms with E-state index >= 15 is 0 Å². The lowest BCUT2D eigenvalue weighted by Gasteiger charge is -2.13. The predicted octanol–water partition coefficient (Wildman–Crippen LogP) is 3.57. The summed E-state index contributed by atoms with van der Waals surface area (Å²) in [4.78, 5) is 12.4. The van der Waals surface area contributed by atoms with Crippen molar-refractivity contribution >= 4 is 17.7 Å². The Morgan fingerprint density at radius 2 is 1.73 bits per heavy atom. The molecule has 0 unspecified atom stereocenters. The zero-order chi connectivity index (χ0) is 19.1. The van der Waals surface area contributed by atoms with E-state index in [1.807, 2.05) is 31.2 Å². The summed E-state index contributed by atoms with van der Waals surface area (Å²) in [5, 5.41) is 12.1. The maximum absolute atomic E-state index is 12.4. The molecule has 6 heteroatoms. The van der Waals surface area contributed by atoms with Gasteiger partial charge >= 0.3 is 0 Å². The summed E-state index contributed by atoms with van der Waals surface area (Å²) < 4.78 is 15.8. The van der Waals surface area contributed by atoms with Crippen LogP contribution in [0.1, 0.15) is 11.1 Å². The molecule has 0 aliphatic heterocycles. The predicted molar refractivity (Wildman–Crippen MR) is 99.5 cm³/mol. The molecule has 0 saturated carbocycles. The van der Waals surface area contributed by atoms with Crippen molar-refractivity contribution in [3.05, 3.63) is 53.1 Å². The van der Waals surface area contributed by atoms with E-state index in [0.717, 1.165) is 5.56 Å².